The van der Waals surface area contributed by atoms with Crippen LogP contribution in [-0.2, 0) is 0 Å². The summed E-state index contributed by atoms with van der Waals surface area (Å²) in [5.74, 6) is -1.13. The number of halogens is 2. The molecule has 0 bridgehead atoms. The summed E-state index contributed by atoms with van der Waals surface area (Å²) in [4.78, 5) is 17.2. The van der Waals surface area contributed by atoms with E-state index >= 15 is 0 Å². The molecule has 0 radical (unpaired) electrons. The van der Waals surface area contributed by atoms with Crippen LogP contribution in [0.1, 0.15) is 36.4 Å². The second kappa shape index (κ2) is 9.03. The molecule has 6 nitrogen and oxygen atoms in total. The predicted molar refractivity (Wildman–Crippen MR) is 124 cm³/mol. The van der Waals surface area contributed by atoms with Crippen molar-refractivity contribution in [1.82, 2.24) is 15.2 Å². The third kappa shape index (κ3) is 4.58. The fraction of sp³-hybridized carbons (Fsp3) is 0.167. The van der Waals surface area contributed by atoms with Gasteiger partial charge in [-0.1, -0.05) is 29.4 Å². The van der Waals surface area contributed by atoms with Crippen LogP contribution < -0.4 is 5.32 Å². The number of ketones is 1. The lowest BCUT2D eigenvalue weighted by Gasteiger charge is -2.09. The summed E-state index contributed by atoms with van der Waals surface area (Å²) in [6.07, 6.45) is 5.49. The van der Waals surface area contributed by atoms with Crippen LogP contribution in [-0.4, -0.2) is 27.5 Å². The van der Waals surface area contributed by atoms with Crippen LogP contribution in [0.3, 0.4) is 0 Å². The topological polar surface area (TPSA) is 80.9 Å². The number of aromatic nitrogens is 3. The first-order valence-corrected chi connectivity index (χ1v) is 11.2. The van der Waals surface area contributed by atoms with Crippen molar-refractivity contribution in [3.63, 3.8) is 0 Å². The van der Waals surface area contributed by atoms with Gasteiger partial charge in [-0.05, 0) is 66.3 Å². The molecule has 33 heavy (non-hydrogen) atoms. The van der Waals surface area contributed by atoms with Crippen molar-refractivity contribution in [1.29, 1.82) is 0 Å². The third-order valence-electron chi connectivity index (χ3n) is 5.24. The summed E-state index contributed by atoms with van der Waals surface area (Å²) in [5.41, 5.74) is 3.09. The van der Waals surface area contributed by atoms with Crippen LogP contribution >= 0.6 is 11.3 Å². The maximum absolute atomic E-state index is 13.7. The zero-order chi connectivity index (χ0) is 22.8. The number of carbonyl (C=O) groups excluding carboxylic acids is 1. The molecule has 4 aromatic rings. The Bertz CT molecular complexity index is 1400. The average Bonchev–Trinajstić information content (AvgIpc) is 3.47. The van der Waals surface area contributed by atoms with Crippen LogP contribution in [0.5, 0.6) is 0 Å². The SMILES string of the molecule is O=C(c1nnc(NCCC2=CCCC=C2F)o1)c1nc2ccc(-c3ccc(F)cc3)cc2s1.[HH]. The number of anilines is 1. The van der Waals surface area contributed by atoms with Crippen LogP contribution in [0.2, 0.25) is 0 Å². The lowest BCUT2D eigenvalue weighted by molar-refractivity contribution is 0.100. The standard InChI is InChI=1S/C24H18F2N4O2S.H2/c25-17-8-5-14(6-9-17)16-7-10-19-20(13-16)33-23(28-19)21(31)22-29-30-24(32-22)27-12-11-15-3-1-2-4-18(15)26;/h3-10,13H,1-2,11-12H2,(H,27,30);1H. The molecule has 0 saturated heterocycles. The summed E-state index contributed by atoms with van der Waals surface area (Å²) in [6.45, 7) is 0.399. The Morgan fingerprint density at radius 1 is 1.06 bits per heavy atom. The molecule has 0 saturated carbocycles. The van der Waals surface area contributed by atoms with Crippen molar-refractivity contribution < 1.29 is 19.4 Å². The van der Waals surface area contributed by atoms with Gasteiger partial charge >= 0.3 is 6.01 Å². The minimum atomic E-state index is -0.468. The molecule has 1 N–H and O–H groups in total. The molecule has 0 fully saturated rings. The molecule has 0 atom stereocenters. The molecule has 0 unspecified atom stereocenters. The number of benzene rings is 2. The number of hydrogen-bond donors (Lipinski definition) is 1. The first kappa shape index (κ1) is 21.1. The summed E-state index contributed by atoms with van der Waals surface area (Å²) in [5, 5.41) is 10.8. The maximum Gasteiger partial charge on any atom is 0.315 e. The van der Waals surface area contributed by atoms with E-state index in [2.05, 4.69) is 20.5 Å². The Kier molecular flexibility index (Phi) is 5.78. The van der Waals surface area contributed by atoms with E-state index in [0.29, 0.717) is 24.1 Å². The monoisotopic (exact) mass is 466 g/mol. The summed E-state index contributed by atoms with van der Waals surface area (Å²) < 4.78 is 33.2. The number of thiazole rings is 1. The zero-order valence-corrected chi connectivity index (χ0v) is 18.2. The molecule has 2 aromatic heterocycles. The fourth-order valence-electron chi connectivity index (χ4n) is 3.54. The van der Waals surface area contributed by atoms with Crippen molar-refractivity contribution >= 4 is 33.4 Å². The van der Waals surface area contributed by atoms with Crippen molar-refractivity contribution in [2.24, 2.45) is 0 Å². The van der Waals surface area contributed by atoms with Crippen LogP contribution in [0.25, 0.3) is 21.3 Å². The quantitative estimate of drug-likeness (QED) is 0.320. The van der Waals surface area contributed by atoms with E-state index in [1.807, 2.05) is 24.3 Å². The molecular formula is C24H20F2N4O2S. The number of nitrogens with zero attached hydrogens (tertiary/aromatic N) is 3. The number of allylic oxidation sites excluding steroid dienone is 3. The fourth-order valence-corrected chi connectivity index (χ4v) is 4.48. The Labute approximate surface area is 193 Å². The maximum atomic E-state index is 13.7. The van der Waals surface area contributed by atoms with Crippen molar-refractivity contribution in [3.05, 3.63) is 82.7 Å². The lowest BCUT2D eigenvalue weighted by atomic mass is 10.0. The highest BCUT2D eigenvalue weighted by Gasteiger charge is 2.21. The van der Waals surface area contributed by atoms with E-state index in [9.17, 15) is 13.6 Å². The van der Waals surface area contributed by atoms with Gasteiger partial charge in [0, 0.05) is 7.97 Å². The Balaban J connectivity index is 0.00000274. The Morgan fingerprint density at radius 2 is 1.85 bits per heavy atom. The van der Waals surface area contributed by atoms with Gasteiger partial charge in [-0.15, -0.1) is 16.4 Å². The van der Waals surface area contributed by atoms with Gasteiger partial charge in [0.2, 0.25) is 0 Å². The molecule has 1 aliphatic carbocycles. The minimum Gasteiger partial charge on any atom is -0.400 e. The van der Waals surface area contributed by atoms with Gasteiger partial charge in [0.25, 0.3) is 11.7 Å². The lowest BCUT2D eigenvalue weighted by Crippen LogP contribution is -2.04. The van der Waals surface area contributed by atoms with Gasteiger partial charge in [0.15, 0.2) is 5.01 Å². The number of rotatable bonds is 7. The predicted octanol–water partition coefficient (Wildman–Crippen LogP) is 6.34. The zero-order valence-electron chi connectivity index (χ0n) is 17.3. The molecule has 2 aromatic carbocycles. The van der Waals surface area contributed by atoms with Gasteiger partial charge < -0.3 is 9.73 Å². The first-order chi connectivity index (χ1) is 16.1. The smallest absolute Gasteiger partial charge is 0.315 e. The molecule has 168 valence electrons. The number of fused-ring (bicyclic) bond motifs is 1. The van der Waals surface area contributed by atoms with Crippen molar-refractivity contribution in [3.8, 4) is 11.1 Å². The molecule has 0 spiro atoms. The molecular weight excluding hydrogens is 446 g/mol. The number of carbonyl (C=O) groups is 1. The first-order valence-electron chi connectivity index (χ1n) is 10.4. The van der Waals surface area contributed by atoms with E-state index in [-0.39, 0.29) is 30.0 Å². The van der Waals surface area contributed by atoms with Crippen LogP contribution in [0.4, 0.5) is 14.8 Å². The van der Waals surface area contributed by atoms with E-state index in [1.54, 1.807) is 18.2 Å². The molecule has 0 amide bonds. The van der Waals surface area contributed by atoms with Gasteiger partial charge in [0.1, 0.15) is 11.6 Å². The second-order valence-corrected chi connectivity index (χ2v) is 8.52. The van der Waals surface area contributed by atoms with Gasteiger partial charge in [-0.2, -0.15) is 0 Å². The largest absolute Gasteiger partial charge is 0.400 e. The Hall–Kier alpha value is -3.72. The third-order valence-corrected chi connectivity index (χ3v) is 6.25. The summed E-state index contributed by atoms with van der Waals surface area (Å²) in [7, 11) is 0. The van der Waals surface area contributed by atoms with Gasteiger partial charge in [-0.25, -0.2) is 13.8 Å². The molecule has 0 aliphatic heterocycles. The highest BCUT2D eigenvalue weighted by molar-refractivity contribution is 7.20. The van der Waals surface area contributed by atoms with E-state index < -0.39 is 5.78 Å². The van der Waals surface area contributed by atoms with E-state index in [4.69, 9.17) is 4.42 Å². The summed E-state index contributed by atoms with van der Waals surface area (Å²) >= 11 is 1.22. The number of hydrogen-bond acceptors (Lipinski definition) is 7. The molecule has 2 heterocycles. The summed E-state index contributed by atoms with van der Waals surface area (Å²) in [6, 6.07) is 11.9. The Morgan fingerprint density at radius 3 is 2.67 bits per heavy atom. The van der Waals surface area contributed by atoms with Gasteiger partial charge in [0.05, 0.1) is 10.2 Å². The molecule has 9 heteroatoms. The average molecular weight is 467 g/mol. The van der Waals surface area contributed by atoms with Crippen LogP contribution in [0, 0.1) is 5.82 Å². The van der Waals surface area contributed by atoms with E-state index in [1.165, 1.54) is 23.5 Å². The highest BCUT2D eigenvalue weighted by atomic mass is 32.1. The van der Waals surface area contributed by atoms with Gasteiger partial charge in [-0.3, -0.25) is 4.79 Å². The van der Waals surface area contributed by atoms with Crippen molar-refractivity contribution in [2.45, 2.75) is 19.3 Å². The highest BCUT2D eigenvalue weighted by Crippen LogP contribution is 2.29. The van der Waals surface area contributed by atoms with Crippen LogP contribution in [0.15, 0.2) is 70.4 Å². The second-order valence-electron chi connectivity index (χ2n) is 7.49. The number of nitrogens with one attached hydrogen (secondary N) is 1. The normalized spacial score (nSPS) is 13.6. The molecule has 5 rings (SSSR count). The van der Waals surface area contributed by atoms with Crippen molar-refractivity contribution in [2.75, 3.05) is 11.9 Å². The minimum absolute atomic E-state index is 0. The van der Waals surface area contributed by atoms with E-state index in [0.717, 1.165) is 28.7 Å². The molecule has 1 aliphatic rings.